The molecule has 0 spiro atoms. The first-order valence-corrected chi connectivity index (χ1v) is 15.7. The number of rotatable bonds is 4. The van der Waals surface area contributed by atoms with Crippen LogP contribution < -0.4 is 4.43 Å². The van der Waals surface area contributed by atoms with Gasteiger partial charge in [-0.1, -0.05) is 33.8 Å². The Morgan fingerprint density at radius 1 is 1.24 bits per heavy atom. The number of ketones is 1. The molecule has 2 saturated carbocycles. The quantitative estimate of drug-likeness (QED) is 0.229. The van der Waals surface area contributed by atoms with Gasteiger partial charge in [-0.2, -0.15) is 0 Å². The minimum absolute atomic E-state index is 0.0644. The largest absolute Gasteiger partial charge is 0.543 e. The Balaban J connectivity index is 1.60. The number of hydrogen-bond acceptors (Lipinski definition) is 5. The minimum Gasteiger partial charge on any atom is -0.543 e. The average Bonchev–Trinajstić information content (AvgIpc) is 3.03. The topological polar surface area (TPSA) is 72.8 Å². The molecule has 0 aromatic heterocycles. The van der Waals surface area contributed by atoms with Crippen molar-refractivity contribution in [3.8, 4) is 5.75 Å². The average molecular weight is 485 g/mol. The maximum atomic E-state index is 13.4. The van der Waals surface area contributed by atoms with E-state index < -0.39 is 25.5 Å². The first-order valence-electron chi connectivity index (χ1n) is 12.8. The molecule has 3 aliphatic rings. The van der Waals surface area contributed by atoms with Gasteiger partial charge >= 0.3 is 5.97 Å². The van der Waals surface area contributed by atoms with E-state index in [-0.39, 0.29) is 28.9 Å². The van der Waals surface area contributed by atoms with Gasteiger partial charge in [0.25, 0.3) is 0 Å². The Hall–Kier alpha value is -2.08. The number of aliphatic hydroxyl groups excluding tert-OH is 1. The van der Waals surface area contributed by atoms with Crippen molar-refractivity contribution < 1.29 is 23.9 Å². The lowest BCUT2D eigenvalue weighted by Crippen LogP contribution is -2.44. The summed E-state index contributed by atoms with van der Waals surface area (Å²) in [4.78, 5) is 25.5. The van der Waals surface area contributed by atoms with Crippen LogP contribution in [-0.4, -0.2) is 31.8 Å². The Kier molecular flexibility index (Phi) is 6.29. The highest BCUT2D eigenvalue weighted by atomic mass is 28.4. The maximum absolute atomic E-state index is 13.4. The molecule has 0 saturated heterocycles. The van der Waals surface area contributed by atoms with E-state index in [0.29, 0.717) is 18.3 Å². The molecule has 1 N–H and O–H groups in total. The van der Waals surface area contributed by atoms with Crippen molar-refractivity contribution in [2.24, 2.45) is 17.3 Å². The highest BCUT2D eigenvalue weighted by Crippen LogP contribution is 2.61. The number of benzene rings is 1. The van der Waals surface area contributed by atoms with E-state index >= 15 is 0 Å². The van der Waals surface area contributed by atoms with E-state index in [1.165, 1.54) is 11.1 Å². The maximum Gasteiger partial charge on any atom is 0.373 e. The first-order chi connectivity index (χ1) is 15.8. The van der Waals surface area contributed by atoms with Crippen LogP contribution in [0.5, 0.6) is 5.75 Å². The third-order valence-corrected chi connectivity index (χ3v) is 13.6. The van der Waals surface area contributed by atoms with E-state index in [0.717, 1.165) is 31.4 Å². The van der Waals surface area contributed by atoms with E-state index in [2.05, 4.69) is 52.1 Å². The smallest absolute Gasteiger partial charge is 0.373 e. The van der Waals surface area contributed by atoms with Gasteiger partial charge in [0.1, 0.15) is 5.75 Å². The van der Waals surface area contributed by atoms with Crippen LogP contribution in [0.4, 0.5) is 0 Å². The van der Waals surface area contributed by atoms with Crippen molar-refractivity contribution in [2.45, 2.75) is 90.8 Å². The monoisotopic (exact) mass is 484 g/mol. The molecule has 3 aliphatic carbocycles. The summed E-state index contributed by atoms with van der Waals surface area (Å²) in [7, 11) is -1.90. The van der Waals surface area contributed by atoms with Crippen molar-refractivity contribution >= 4 is 20.1 Å². The molecule has 0 aliphatic heterocycles. The molecule has 2 fully saturated rings. The molecule has 0 amide bonds. The number of ether oxygens (including phenoxy) is 1. The molecular formula is C28H40O5Si. The van der Waals surface area contributed by atoms with E-state index in [9.17, 15) is 14.7 Å². The number of esters is 1. The van der Waals surface area contributed by atoms with E-state index in [1.54, 1.807) is 6.92 Å². The van der Waals surface area contributed by atoms with Gasteiger partial charge in [-0.05, 0) is 98.2 Å². The Morgan fingerprint density at radius 3 is 2.59 bits per heavy atom. The third-order valence-electron chi connectivity index (χ3n) is 9.24. The van der Waals surface area contributed by atoms with Crippen LogP contribution in [-0.2, 0) is 20.7 Å². The predicted molar refractivity (Wildman–Crippen MR) is 136 cm³/mol. The zero-order valence-corrected chi connectivity index (χ0v) is 22.8. The number of carbonyl (C=O) groups is 2. The van der Waals surface area contributed by atoms with Crippen LogP contribution >= 0.6 is 0 Å². The van der Waals surface area contributed by atoms with Gasteiger partial charge in [0.15, 0.2) is 5.78 Å². The summed E-state index contributed by atoms with van der Waals surface area (Å²) in [6.07, 6.45) is 4.17. The summed E-state index contributed by atoms with van der Waals surface area (Å²) < 4.78 is 11.5. The minimum atomic E-state index is -1.90. The number of aryl methyl sites for hydroxylation is 1. The number of hydrogen-bond donors (Lipinski definition) is 1. The van der Waals surface area contributed by atoms with Gasteiger partial charge in [-0.15, -0.1) is 0 Å². The molecule has 4 rings (SSSR count). The van der Waals surface area contributed by atoms with E-state index in [4.69, 9.17) is 9.16 Å². The molecule has 0 heterocycles. The van der Waals surface area contributed by atoms with Crippen molar-refractivity contribution in [3.05, 3.63) is 40.7 Å². The number of Topliss-reactive ketones (excluding diaryl/α,β-unsaturated/α-hetero) is 1. The predicted octanol–water partition coefficient (Wildman–Crippen LogP) is 6.48. The number of aliphatic hydroxyl groups is 1. The molecule has 4 atom stereocenters. The van der Waals surface area contributed by atoms with Crippen LogP contribution in [0.1, 0.15) is 77.3 Å². The molecule has 1 aromatic carbocycles. The fraction of sp³-hybridized carbons (Fsp3) is 0.643. The SMILES string of the molecule is CCOC(=O)C(O)=C1CC2C3CCc4cc(O[Si](C)(C)C(C)(C)C)ccc4C3CCC2(C)C1=O. The Morgan fingerprint density at radius 2 is 1.94 bits per heavy atom. The molecular weight excluding hydrogens is 444 g/mol. The standard InChI is InChI=1S/C28H40O5Si/c1-8-32-26(31)24(29)22-16-23-21-11-9-17-15-18(33-34(6,7)27(2,3)4)10-12-19(17)20(21)13-14-28(23,5)25(22)30/h10,12,15,20-21,23,29H,8-9,11,13-14,16H2,1-7H3. The lowest BCUT2D eigenvalue weighted by molar-refractivity contribution is -0.142. The Bertz CT molecular complexity index is 1030. The van der Waals surface area contributed by atoms with Crippen LogP contribution in [0.2, 0.25) is 18.1 Å². The molecule has 4 unspecified atom stereocenters. The van der Waals surface area contributed by atoms with Crippen LogP contribution in [0.15, 0.2) is 29.5 Å². The van der Waals surface area contributed by atoms with Gasteiger partial charge in [0.2, 0.25) is 14.1 Å². The van der Waals surface area contributed by atoms with Crippen molar-refractivity contribution in [2.75, 3.05) is 6.61 Å². The summed E-state index contributed by atoms with van der Waals surface area (Å²) in [5.41, 5.74) is 2.52. The molecule has 1 aromatic rings. The second kappa shape index (κ2) is 8.54. The van der Waals surface area contributed by atoms with Gasteiger partial charge in [-0.3, -0.25) is 4.79 Å². The van der Waals surface area contributed by atoms with Crippen LogP contribution in [0.3, 0.4) is 0 Å². The van der Waals surface area contributed by atoms with Crippen molar-refractivity contribution in [1.82, 2.24) is 0 Å². The first kappa shape index (κ1) is 25.0. The zero-order valence-electron chi connectivity index (χ0n) is 21.8. The van der Waals surface area contributed by atoms with Crippen LogP contribution in [0.25, 0.3) is 0 Å². The van der Waals surface area contributed by atoms with Crippen molar-refractivity contribution in [1.29, 1.82) is 0 Å². The summed E-state index contributed by atoms with van der Waals surface area (Å²) in [6, 6.07) is 6.63. The molecule has 34 heavy (non-hydrogen) atoms. The molecule has 0 radical (unpaired) electrons. The van der Waals surface area contributed by atoms with Crippen LogP contribution in [0, 0.1) is 17.3 Å². The van der Waals surface area contributed by atoms with Gasteiger partial charge in [0.05, 0.1) is 6.61 Å². The number of carbonyl (C=O) groups excluding carboxylic acids is 2. The molecule has 0 bridgehead atoms. The van der Waals surface area contributed by atoms with Gasteiger partial charge < -0.3 is 14.3 Å². The summed E-state index contributed by atoms with van der Waals surface area (Å²) in [5, 5.41) is 10.6. The number of allylic oxidation sites excluding steroid dienone is 1. The summed E-state index contributed by atoms with van der Waals surface area (Å²) in [6.45, 7) is 15.2. The number of fused-ring (bicyclic) bond motifs is 5. The molecule has 6 heteroatoms. The third kappa shape index (κ3) is 4.02. The molecule has 186 valence electrons. The van der Waals surface area contributed by atoms with Crippen molar-refractivity contribution in [3.63, 3.8) is 0 Å². The molecule has 5 nitrogen and oxygen atoms in total. The second-order valence-corrected chi connectivity index (χ2v) is 16.9. The normalized spacial score (nSPS) is 30.2. The second-order valence-electron chi connectivity index (χ2n) is 12.2. The summed E-state index contributed by atoms with van der Waals surface area (Å²) in [5.74, 6) is 0.558. The van der Waals surface area contributed by atoms with E-state index in [1.807, 2.05) is 6.92 Å². The summed E-state index contributed by atoms with van der Waals surface area (Å²) >= 11 is 0. The lowest BCUT2D eigenvalue weighted by Gasteiger charge is -2.48. The lowest BCUT2D eigenvalue weighted by atomic mass is 9.55. The Labute approximate surface area is 205 Å². The fourth-order valence-electron chi connectivity index (χ4n) is 6.23. The van der Waals surface area contributed by atoms with Gasteiger partial charge in [0, 0.05) is 11.0 Å². The highest BCUT2D eigenvalue weighted by molar-refractivity contribution is 6.74. The zero-order chi connectivity index (χ0) is 25.1. The van der Waals surface area contributed by atoms with Gasteiger partial charge in [-0.25, -0.2) is 4.79 Å². The highest BCUT2D eigenvalue weighted by Gasteiger charge is 2.57. The fourth-order valence-corrected chi connectivity index (χ4v) is 7.26.